The van der Waals surface area contributed by atoms with Gasteiger partial charge in [-0.3, -0.25) is 4.79 Å². The molecule has 0 aliphatic rings. The third-order valence-electron chi connectivity index (χ3n) is 3.60. The van der Waals surface area contributed by atoms with Crippen LogP contribution < -0.4 is 5.32 Å². The number of carbonyl (C=O) groups excluding carboxylic acids is 1. The molecule has 2 rings (SSSR count). The van der Waals surface area contributed by atoms with Gasteiger partial charge in [0.05, 0.1) is 21.7 Å². The first-order valence-electron chi connectivity index (χ1n) is 7.15. The molecule has 3 nitrogen and oxygen atoms in total. The van der Waals surface area contributed by atoms with Gasteiger partial charge in [0.25, 0.3) is 5.91 Å². The van der Waals surface area contributed by atoms with E-state index in [2.05, 4.69) is 5.32 Å². The molecule has 2 aromatic rings. The third kappa shape index (κ3) is 4.39. The molecular formula is C17H16Cl3FN2O. The lowest BCUT2D eigenvalue weighted by Crippen LogP contribution is -2.34. The zero-order chi connectivity index (χ0) is 17.9. The maximum Gasteiger partial charge on any atom is 0.252 e. The minimum Gasteiger partial charge on any atom is -0.350 e. The number of amides is 1. The Kier molecular flexibility index (Phi) is 6.47. The number of halogens is 4. The average Bonchev–Trinajstić information content (AvgIpc) is 2.52. The summed E-state index contributed by atoms with van der Waals surface area (Å²) in [6, 6.07) is 9.51. The van der Waals surface area contributed by atoms with Crippen LogP contribution in [0.25, 0.3) is 0 Å². The second-order valence-corrected chi connectivity index (χ2v) is 6.68. The molecule has 2 aromatic carbocycles. The summed E-state index contributed by atoms with van der Waals surface area (Å²) >= 11 is 17.9. The first-order valence-corrected chi connectivity index (χ1v) is 8.28. The van der Waals surface area contributed by atoms with Crippen molar-refractivity contribution in [3.05, 3.63) is 68.4 Å². The van der Waals surface area contributed by atoms with Gasteiger partial charge in [0.1, 0.15) is 5.82 Å². The molecule has 0 heterocycles. The van der Waals surface area contributed by atoms with Crippen molar-refractivity contribution in [3.8, 4) is 0 Å². The van der Waals surface area contributed by atoms with E-state index in [0.29, 0.717) is 5.02 Å². The van der Waals surface area contributed by atoms with Crippen molar-refractivity contribution in [1.82, 2.24) is 10.2 Å². The van der Waals surface area contributed by atoms with E-state index in [1.165, 1.54) is 6.07 Å². The van der Waals surface area contributed by atoms with E-state index in [-0.39, 0.29) is 28.2 Å². The first-order chi connectivity index (χ1) is 11.3. The van der Waals surface area contributed by atoms with Gasteiger partial charge in [-0.25, -0.2) is 4.39 Å². The molecule has 0 bridgehead atoms. The number of benzene rings is 2. The van der Waals surface area contributed by atoms with Gasteiger partial charge in [-0.05, 0) is 37.9 Å². The average molecular weight is 390 g/mol. The Balaban J connectivity index is 2.17. The van der Waals surface area contributed by atoms with Crippen molar-refractivity contribution < 1.29 is 9.18 Å². The fourth-order valence-electron chi connectivity index (χ4n) is 2.30. The van der Waals surface area contributed by atoms with Crippen LogP contribution in [0.5, 0.6) is 0 Å². The highest BCUT2D eigenvalue weighted by molar-refractivity contribution is 6.36. The second-order valence-electron chi connectivity index (χ2n) is 5.46. The summed E-state index contributed by atoms with van der Waals surface area (Å²) in [6.07, 6.45) is 0. The molecule has 1 unspecified atom stereocenters. The Labute approximate surface area is 155 Å². The SMILES string of the molecule is CN(C)C(CNC(=O)c1cc(F)c(Cl)cc1Cl)c1ccccc1Cl. The van der Waals surface area contributed by atoms with Gasteiger partial charge in [0, 0.05) is 11.6 Å². The van der Waals surface area contributed by atoms with Crippen molar-refractivity contribution in [2.75, 3.05) is 20.6 Å². The van der Waals surface area contributed by atoms with E-state index in [0.717, 1.165) is 11.6 Å². The van der Waals surface area contributed by atoms with Crippen LogP contribution in [-0.4, -0.2) is 31.4 Å². The maximum absolute atomic E-state index is 13.6. The van der Waals surface area contributed by atoms with E-state index >= 15 is 0 Å². The molecule has 0 aromatic heterocycles. The number of nitrogens with zero attached hydrogens (tertiary/aromatic N) is 1. The molecule has 0 aliphatic carbocycles. The lowest BCUT2D eigenvalue weighted by atomic mass is 10.1. The lowest BCUT2D eigenvalue weighted by Gasteiger charge is -2.26. The molecule has 128 valence electrons. The van der Waals surface area contributed by atoms with Gasteiger partial charge in [-0.2, -0.15) is 0 Å². The molecule has 0 spiro atoms. The fraction of sp³-hybridized carbons (Fsp3) is 0.235. The molecule has 0 fully saturated rings. The quantitative estimate of drug-likeness (QED) is 0.744. The highest BCUT2D eigenvalue weighted by Crippen LogP contribution is 2.27. The molecule has 7 heteroatoms. The summed E-state index contributed by atoms with van der Waals surface area (Å²) in [5.41, 5.74) is 0.924. The normalized spacial score (nSPS) is 12.3. The zero-order valence-corrected chi connectivity index (χ0v) is 15.4. The summed E-state index contributed by atoms with van der Waals surface area (Å²) in [4.78, 5) is 14.3. The molecule has 0 saturated carbocycles. The molecular weight excluding hydrogens is 374 g/mol. The largest absolute Gasteiger partial charge is 0.350 e. The third-order valence-corrected chi connectivity index (χ3v) is 4.54. The fourth-order valence-corrected chi connectivity index (χ4v) is 3.03. The van der Waals surface area contributed by atoms with Crippen LogP contribution in [0.3, 0.4) is 0 Å². The van der Waals surface area contributed by atoms with Gasteiger partial charge in [-0.15, -0.1) is 0 Å². The molecule has 1 atom stereocenters. The number of carbonyl (C=O) groups is 1. The molecule has 0 saturated heterocycles. The number of rotatable bonds is 5. The summed E-state index contributed by atoms with van der Waals surface area (Å²) in [6.45, 7) is 0.288. The van der Waals surface area contributed by atoms with Crippen molar-refractivity contribution in [1.29, 1.82) is 0 Å². The van der Waals surface area contributed by atoms with E-state index in [9.17, 15) is 9.18 Å². The van der Waals surface area contributed by atoms with Crippen LogP contribution in [0.2, 0.25) is 15.1 Å². The van der Waals surface area contributed by atoms with Crippen LogP contribution >= 0.6 is 34.8 Å². The monoisotopic (exact) mass is 388 g/mol. The highest BCUT2D eigenvalue weighted by atomic mass is 35.5. The first kappa shape index (κ1) is 19.0. The molecule has 1 N–H and O–H groups in total. The Morgan fingerprint density at radius 3 is 2.42 bits per heavy atom. The van der Waals surface area contributed by atoms with E-state index in [4.69, 9.17) is 34.8 Å². The predicted octanol–water partition coefficient (Wildman–Crippen LogP) is 4.82. The number of hydrogen-bond acceptors (Lipinski definition) is 2. The van der Waals surface area contributed by atoms with Gasteiger partial charge >= 0.3 is 0 Å². The van der Waals surface area contributed by atoms with Crippen LogP contribution in [0.1, 0.15) is 22.0 Å². The Morgan fingerprint density at radius 2 is 1.79 bits per heavy atom. The van der Waals surface area contributed by atoms with Crippen molar-refractivity contribution >= 4 is 40.7 Å². The molecule has 24 heavy (non-hydrogen) atoms. The van der Waals surface area contributed by atoms with Crippen LogP contribution in [0.4, 0.5) is 4.39 Å². The summed E-state index contributed by atoms with van der Waals surface area (Å²) < 4.78 is 13.6. The van der Waals surface area contributed by atoms with Crippen molar-refractivity contribution in [3.63, 3.8) is 0 Å². The number of likely N-dealkylation sites (N-methyl/N-ethyl adjacent to an activating group) is 1. The van der Waals surface area contributed by atoms with Crippen LogP contribution in [0, 0.1) is 5.82 Å². The lowest BCUT2D eigenvalue weighted by molar-refractivity contribution is 0.0941. The summed E-state index contributed by atoms with van der Waals surface area (Å²) in [5.74, 6) is -1.17. The maximum atomic E-state index is 13.6. The second kappa shape index (κ2) is 8.17. The van der Waals surface area contributed by atoms with E-state index < -0.39 is 11.7 Å². The predicted molar refractivity (Wildman–Crippen MR) is 96.6 cm³/mol. The Morgan fingerprint density at radius 1 is 1.12 bits per heavy atom. The Hall–Kier alpha value is -1.33. The smallest absolute Gasteiger partial charge is 0.252 e. The minimum atomic E-state index is -0.693. The number of hydrogen-bond donors (Lipinski definition) is 1. The minimum absolute atomic E-state index is 0.0373. The summed E-state index contributed by atoms with van der Waals surface area (Å²) in [7, 11) is 3.77. The van der Waals surface area contributed by atoms with Gasteiger partial charge < -0.3 is 10.2 Å². The van der Waals surface area contributed by atoms with E-state index in [1.807, 2.05) is 37.2 Å². The molecule has 0 aliphatic heterocycles. The molecule has 1 amide bonds. The zero-order valence-electron chi connectivity index (χ0n) is 13.1. The van der Waals surface area contributed by atoms with Gasteiger partial charge in [0.2, 0.25) is 0 Å². The standard InChI is InChI=1S/C17H16Cl3FN2O/c1-23(2)16(10-5-3-4-6-12(10)18)9-22-17(24)11-7-15(21)14(20)8-13(11)19/h3-8,16H,9H2,1-2H3,(H,22,24). The number of nitrogens with one attached hydrogen (secondary N) is 1. The van der Waals surface area contributed by atoms with E-state index in [1.54, 1.807) is 6.07 Å². The molecule has 0 radical (unpaired) electrons. The van der Waals surface area contributed by atoms with Crippen LogP contribution in [-0.2, 0) is 0 Å². The topological polar surface area (TPSA) is 32.3 Å². The Bertz CT molecular complexity index is 753. The van der Waals surface area contributed by atoms with Crippen LogP contribution in [0.15, 0.2) is 36.4 Å². The summed E-state index contributed by atoms with van der Waals surface area (Å²) in [5, 5.41) is 3.34. The highest BCUT2D eigenvalue weighted by Gasteiger charge is 2.20. The van der Waals surface area contributed by atoms with Crippen molar-refractivity contribution in [2.24, 2.45) is 0 Å². The van der Waals surface area contributed by atoms with Gasteiger partial charge in [0.15, 0.2) is 0 Å². The van der Waals surface area contributed by atoms with Gasteiger partial charge in [-0.1, -0.05) is 53.0 Å². The van der Waals surface area contributed by atoms with Crippen molar-refractivity contribution in [2.45, 2.75) is 6.04 Å².